The smallest absolute Gasteiger partial charge is 0.177 e. The number of tetrazole rings is 1. The van der Waals surface area contributed by atoms with Gasteiger partial charge in [0.05, 0.1) is 18.9 Å². The number of hydrogen-bond donors (Lipinski definition) is 1. The third kappa shape index (κ3) is 2.32. The van der Waals surface area contributed by atoms with Gasteiger partial charge >= 0.3 is 0 Å². The van der Waals surface area contributed by atoms with Gasteiger partial charge in [0.25, 0.3) is 0 Å². The molecule has 0 bridgehead atoms. The van der Waals surface area contributed by atoms with Crippen molar-refractivity contribution in [2.24, 2.45) is 7.05 Å². The fourth-order valence-electron chi connectivity index (χ4n) is 1.17. The van der Waals surface area contributed by atoms with Gasteiger partial charge in [0.1, 0.15) is 6.10 Å². The maximum absolute atomic E-state index is 9.76. The number of rotatable bonds is 3. The van der Waals surface area contributed by atoms with Gasteiger partial charge in [-0.3, -0.25) is 9.97 Å². The zero-order valence-corrected chi connectivity index (χ0v) is 8.15. The number of aromatic nitrogens is 6. The van der Waals surface area contributed by atoms with E-state index in [4.69, 9.17) is 0 Å². The first kappa shape index (κ1) is 9.66. The van der Waals surface area contributed by atoms with Gasteiger partial charge in [-0.15, -0.1) is 10.2 Å². The first-order chi connectivity index (χ1) is 7.25. The Hall–Kier alpha value is -1.89. The fraction of sp³-hybridized carbons (Fsp3) is 0.375. The Balaban J connectivity index is 2.07. The number of nitrogens with zero attached hydrogens (tertiary/aromatic N) is 6. The van der Waals surface area contributed by atoms with Crippen molar-refractivity contribution in [2.75, 3.05) is 0 Å². The van der Waals surface area contributed by atoms with Crippen LogP contribution in [0.1, 0.15) is 17.6 Å². The van der Waals surface area contributed by atoms with Crippen molar-refractivity contribution in [3.63, 3.8) is 0 Å². The van der Waals surface area contributed by atoms with Crippen molar-refractivity contribution in [2.45, 2.75) is 12.5 Å². The minimum atomic E-state index is -0.747. The molecule has 0 fully saturated rings. The van der Waals surface area contributed by atoms with E-state index in [1.54, 1.807) is 13.2 Å². The molecular formula is C8H10N6O. The van der Waals surface area contributed by atoms with Crippen LogP contribution in [0.4, 0.5) is 0 Å². The van der Waals surface area contributed by atoms with Crippen LogP contribution in [0.25, 0.3) is 0 Å². The van der Waals surface area contributed by atoms with Gasteiger partial charge in [-0.25, -0.2) is 0 Å². The number of hydrogen-bond acceptors (Lipinski definition) is 6. The van der Waals surface area contributed by atoms with E-state index in [0.717, 1.165) is 0 Å². The molecule has 15 heavy (non-hydrogen) atoms. The minimum absolute atomic E-state index is 0.284. The monoisotopic (exact) mass is 206 g/mol. The van der Waals surface area contributed by atoms with Gasteiger partial charge in [-0.1, -0.05) is 0 Å². The van der Waals surface area contributed by atoms with Crippen molar-refractivity contribution >= 4 is 0 Å². The van der Waals surface area contributed by atoms with Gasteiger partial charge in [-0.05, 0) is 5.21 Å². The van der Waals surface area contributed by atoms with Crippen LogP contribution in [0.2, 0.25) is 0 Å². The van der Waals surface area contributed by atoms with Crippen LogP contribution in [0.5, 0.6) is 0 Å². The molecule has 2 aromatic rings. The standard InChI is InChI=1S/C8H10N6O/c1-14-12-8(11-13-14)4-7(15)6-5-9-2-3-10-6/h2-3,5,7,15H,4H2,1H3. The van der Waals surface area contributed by atoms with E-state index in [9.17, 15) is 5.11 Å². The molecule has 1 atom stereocenters. The highest BCUT2D eigenvalue weighted by Gasteiger charge is 2.13. The largest absolute Gasteiger partial charge is 0.386 e. The predicted molar refractivity (Wildman–Crippen MR) is 49.5 cm³/mol. The highest BCUT2D eigenvalue weighted by atomic mass is 16.3. The Morgan fingerprint density at radius 1 is 1.47 bits per heavy atom. The predicted octanol–water partition coefficient (Wildman–Crippen LogP) is -0.724. The average molecular weight is 206 g/mol. The van der Waals surface area contributed by atoms with E-state index in [-0.39, 0.29) is 6.42 Å². The van der Waals surface area contributed by atoms with Crippen molar-refractivity contribution in [1.82, 2.24) is 30.2 Å². The highest BCUT2D eigenvalue weighted by molar-refractivity contribution is 5.01. The molecule has 0 aliphatic heterocycles. The number of aryl methyl sites for hydroxylation is 1. The van der Waals surface area contributed by atoms with E-state index >= 15 is 0 Å². The second kappa shape index (κ2) is 4.09. The van der Waals surface area contributed by atoms with Gasteiger partial charge < -0.3 is 5.11 Å². The summed E-state index contributed by atoms with van der Waals surface area (Å²) in [5, 5.41) is 21.2. The Labute approximate surface area is 85.8 Å². The fourth-order valence-corrected chi connectivity index (χ4v) is 1.17. The molecule has 0 aliphatic rings. The van der Waals surface area contributed by atoms with Gasteiger partial charge in [0.15, 0.2) is 5.82 Å². The zero-order valence-electron chi connectivity index (χ0n) is 8.15. The highest BCUT2D eigenvalue weighted by Crippen LogP contribution is 2.11. The van der Waals surface area contributed by atoms with Crippen molar-refractivity contribution in [1.29, 1.82) is 0 Å². The minimum Gasteiger partial charge on any atom is -0.386 e. The van der Waals surface area contributed by atoms with E-state index in [0.29, 0.717) is 11.5 Å². The Kier molecular flexibility index (Phi) is 2.64. The number of aliphatic hydroxyl groups is 1. The van der Waals surface area contributed by atoms with Crippen LogP contribution in [0, 0.1) is 0 Å². The van der Waals surface area contributed by atoms with Crippen LogP contribution in [-0.2, 0) is 13.5 Å². The Morgan fingerprint density at radius 2 is 2.33 bits per heavy atom. The summed E-state index contributed by atoms with van der Waals surface area (Å²) in [6, 6.07) is 0. The summed E-state index contributed by atoms with van der Waals surface area (Å²) in [4.78, 5) is 9.20. The Bertz CT molecular complexity index is 428. The lowest BCUT2D eigenvalue weighted by molar-refractivity contribution is 0.170. The molecule has 78 valence electrons. The lowest BCUT2D eigenvalue weighted by Gasteiger charge is -2.05. The second-order valence-electron chi connectivity index (χ2n) is 3.05. The molecule has 2 heterocycles. The van der Waals surface area contributed by atoms with Gasteiger partial charge in [-0.2, -0.15) is 4.80 Å². The molecule has 1 N–H and O–H groups in total. The quantitative estimate of drug-likeness (QED) is 0.712. The molecule has 7 nitrogen and oxygen atoms in total. The molecule has 0 saturated carbocycles. The lowest BCUT2D eigenvalue weighted by atomic mass is 10.2. The first-order valence-corrected chi connectivity index (χ1v) is 4.42. The van der Waals surface area contributed by atoms with Crippen LogP contribution in [-0.4, -0.2) is 35.3 Å². The van der Waals surface area contributed by atoms with Crippen LogP contribution >= 0.6 is 0 Å². The third-order valence-corrected chi connectivity index (χ3v) is 1.85. The van der Waals surface area contributed by atoms with E-state index in [2.05, 4.69) is 25.4 Å². The van der Waals surface area contributed by atoms with Crippen LogP contribution < -0.4 is 0 Å². The summed E-state index contributed by atoms with van der Waals surface area (Å²) >= 11 is 0. The summed E-state index contributed by atoms with van der Waals surface area (Å²) in [6.07, 6.45) is 4.13. The molecule has 0 saturated heterocycles. The van der Waals surface area contributed by atoms with Gasteiger partial charge in [0.2, 0.25) is 0 Å². The molecule has 0 aromatic carbocycles. The normalized spacial score (nSPS) is 12.7. The van der Waals surface area contributed by atoms with E-state index in [1.807, 2.05) is 0 Å². The lowest BCUT2D eigenvalue weighted by Crippen LogP contribution is -2.06. The molecule has 1 unspecified atom stereocenters. The molecule has 0 aliphatic carbocycles. The molecule has 0 amide bonds. The molecular weight excluding hydrogens is 196 g/mol. The van der Waals surface area contributed by atoms with Crippen LogP contribution in [0.15, 0.2) is 18.6 Å². The Morgan fingerprint density at radius 3 is 2.93 bits per heavy atom. The summed E-state index contributed by atoms with van der Waals surface area (Å²) < 4.78 is 0. The van der Waals surface area contributed by atoms with Crippen LogP contribution in [0.3, 0.4) is 0 Å². The first-order valence-electron chi connectivity index (χ1n) is 4.42. The SMILES string of the molecule is Cn1nnc(CC(O)c2cnccn2)n1. The second-order valence-corrected chi connectivity index (χ2v) is 3.05. The van der Waals surface area contributed by atoms with Crippen molar-refractivity contribution in [3.05, 3.63) is 30.1 Å². The summed E-state index contributed by atoms with van der Waals surface area (Å²) in [5.41, 5.74) is 0.505. The zero-order chi connectivity index (χ0) is 10.7. The molecule has 0 spiro atoms. The van der Waals surface area contributed by atoms with Crippen molar-refractivity contribution < 1.29 is 5.11 Å². The van der Waals surface area contributed by atoms with E-state index in [1.165, 1.54) is 17.2 Å². The van der Waals surface area contributed by atoms with Gasteiger partial charge in [0, 0.05) is 18.8 Å². The average Bonchev–Trinajstić information content (AvgIpc) is 2.65. The number of aliphatic hydroxyl groups excluding tert-OH is 1. The molecule has 7 heteroatoms. The summed E-state index contributed by atoms with van der Waals surface area (Å²) in [7, 11) is 1.67. The topological polar surface area (TPSA) is 89.6 Å². The molecule has 2 rings (SSSR count). The molecule has 0 radical (unpaired) electrons. The maximum Gasteiger partial charge on any atom is 0.177 e. The molecule has 2 aromatic heterocycles. The third-order valence-electron chi connectivity index (χ3n) is 1.85. The maximum atomic E-state index is 9.76. The summed E-state index contributed by atoms with van der Waals surface area (Å²) in [5.74, 6) is 0.482. The summed E-state index contributed by atoms with van der Waals surface area (Å²) in [6.45, 7) is 0. The van der Waals surface area contributed by atoms with Crippen molar-refractivity contribution in [3.8, 4) is 0 Å². The van der Waals surface area contributed by atoms with E-state index < -0.39 is 6.10 Å².